The van der Waals surface area contributed by atoms with E-state index in [1.807, 2.05) is 0 Å². The number of hydrogen-bond donors (Lipinski definition) is 1. The van der Waals surface area contributed by atoms with E-state index < -0.39 is 0 Å². The van der Waals surface area contributed by atoms with Crippen LogP contribution in [-0.2, 0) is 0 Å². The third-order valence-corrected chi connectivity index (χ3v) is 4.18. The van der Waals surface area contributed by atoms with Crippen LogP contribution in [0.3, 0.4) is 0 Å². The highest BCUT2D eigenvalue weighted by atomic mass is 15.2. The molecule has 3 atom stereocenters. The number of nitrogens with two attached hydrogens (primary N) is 1. The predicted octanol–water partition coefficient (Wildman–Crippen LogP) is 1.63. The van der Waals surface area contributed by atoms with Crippen LogP contribution in [0.2, 0.25) is 0 Å². The Labute approximate surface area is 107 Å². The molecule has 1 fully saturated rings. The Balaban J connectivity index is 2.36. The van der Waals surface area contributed by atoms with E-state index in [0.717, 1.165) is 18.9 Å². The van der Waals surface area contributed by atoms with E-state index in [9.17, 15) is 0 Å². The lowest BCUT2D eigenvalue weighted by Crippen LogP contribution is -2.39. The normalized spacial score (nSPS) is 28.9. The summed E-state index contributed by atoms with van der Waals surface area (Å²) in [5, 5.41) is 0. The maximum Gasteiger partial charge on any atom is 0.0254 e. The summed E-state index contributed by atoms with van der Waals surface area (Å²) in [7, 11) is 4.37. The van der Waals surface area contributed by atoms with Gasteiger partial charge in [0.2, 0.25) is 0 Å². The highest BCUT2D eigenvalue weighted by Gasteiger charge is 2.31. The summed E-state index contributed by atoms with van der Waals surface area (Å²) in [6.07, 6.45) is 1.11. The van der Waals surface area contributed by atoms with Gasteiger partial charge in [0.25, 0.3) is 0 Å². The molecule has 0 amide bonds. The van der Waals surface area contributed by atoms with Crippen LogP contribution in [0.4, 0.5) is 0 Å². The lowest BCUT2D eigenvalue weighted by Gasteiger charge is -2.29. The van der Waals surface area contributed by atoms with Gasteiger partial charge in [-0.05, 0) is 38.4 Å². The van der Waals surface area contributed by atoms with Gasteiger partial charge in [-0.2, -0.15) is 0 Å². The monoisotopic (exact) mass is 241 g/mol. The molecule has 0 bridgehead atoms. The van der Waals surface area contributed by atoms with Gasteiger partial charge in [-0.25, -0.2) is 0 Å². The minimum absolute atomic E-state index is 0.228. The van der Waals surface area contributed by atoms with Crippen molar-refractivity contribution in [2.45, 2.75) is 46.2 Å². The van der Waals surface area contributed by atoms with Crippen LogP contribution in [0.5, 0.6) is 0 Å². The molecule has 0 radical (unpaired) electrons. The molecule has 0 saturated carbocycles. The molecule has 3 nitrogen and oxygen atoms in total. The second kappa shape index (κ2) is 5.68. The van der Waals surface area contributed by atoms with Crippen molar-refractivity contribution in [2.24, 2.45) is 17.1 Å². The fourth-order valence-corrected chi connectivity index (χ4v) is 2.66. The van der Waals surface area contributed by atoms with Crippen LogP contribution >= 0.6 is 0 Å². The van der Waals surface area contributed by atoms with Crippen LogP contribution in [0.15, 0.2) is 0 Å². The molecule has 1 saturated heterocycles. The Hall–Kier alpha value is -0.120. The molecular weight excluding hydrogens is 210 g/mol. The Bertz CT molecular complexity index is 232. The fourth-order valence-electron chi connectivity index (χ4n) is 2.66. The number of likely N-dealkylation sites (N-methyl/N-ethyl adjacent to an activating group) is 1. The van der Waals surface area contributed by atoms with Gasteiger partial charge in [-0.3, -0.25) is 0 Å². The molecule has 2 N–H and O–H groups in total. The van der Waals surface area contributed by atoms with Crippen molar-refractivity contribution in [3.8, 4) is 0 Å². The minimum atomic E-state index is 0.228. The second-order valence-electron chi connectivity index (χ2n) is 7.03. The topological polar surface area (TPSA) is 32.5 Å². The third kappa shape index (κ3) is 4.23. The van der Waals surface area contributed by atoms with Crippen molar-refractivity contribution >= 4 is 0 Å². The largest absolute Gasteiger partial charge is 0.327 e. The average molecular weight is 241 g/mol. The van der Waals surface area contributed by atoms with Crippen LogP contribution in [0.25, 0.3) is 0 Å². The first kappa shape index (κ1) is 14.9. The summed E-state index contributed by atoms with van der Waals surface area (Å²) < 4.78 is 0. The SMILES string of the molecule is CC1CN(CCC(N)C(C)(C)C)CC1N(C)C. The van der Waals surface area contributed by atoms with Gasteiger partial charge in [0.05, 0.1) is 0 Å². The lowest BCUT2D eigenvalue weighted by atomic mass is 9.85. The molecule has 0 aliphatic carbocycles. The maximum absolute atomic E-state index is 6.22. The minimum Gasteiger partial charge on any atom is -0.327 e. The Morgan fingerprint density at radius 3 is 2.29 bits per heavy atom. The number of hydrogen-bond acceptors (Lipinski definition) is 3. The van der Waals surface area contributed by atoms with Gasteiger partial charge >= 0.3 is 0 Å². The molecule has 1 rings (SSSR count). The van der Waals surface area contributed by atoms with Crippen molar-refractivity contribution in [3.05, 3.63) is 0 Å². The second-order valence-corrected chi connectivity index (χ2v) is 7.03. The molecule has 17 heavy (non-hydrogen) atoms. The molecule has 0 aromatic heterocycles. The molecule has 1 heterocycles. The quantitative estimate of drug-likeness (QED) is 0.812. The van der Waals surface area contributed by atoms with Gasteiger partial charge in [-0.1, -0.05) is 27.7 Å². The molecule has 0 aromatic rings. The third-order valence-electron chi connectivity index (χ3n) is 4.18. The van der Waals surface area contributed by atoms with Crippen LogP contribution in [0, 0.1) is 11.3 Å². The summed E-state index contributed by atoms with van der Waals surface area (Å²) in [4.78, 5) is 4.93. The molecular formula is C14H31N3. The predicted molar refractivity (Wildman–Crippen MR) is 75.1 cm³/mol. The van der Waals surface area contributed by atoms with E-state index in [-0.39, 0.29) is 5.41 Å². The van der Waals surface area contributed by atoms with Crippen molar-refractivity contribution in [2.75, 3.05) is 33.7 Å². The zero-order valence-electron chi connectivity index (χ0n) is 12.5. The lowest BCUT2D eigenvalue weighted by molar-refractivity contribution is 0.234. The summed E-state index contributed by atoms with van der Waals surface area (Å²) in [6, 6.07) is 1.01. The van der Waals surface area contributed by atoms with Crippen LogP contribution in [0.1, 0.15) is 34.1 Å². The molecule has 1 aliphatic rings. The highest BCUT2D eigenvalue weighted by molar-refractivity contribution is 4.87. The van der Waals surface area contributed by atoms with E-state index in [1.54, 1.807) is 0 Å². The van der Waals surface area contributed by atoms with E-state index in [2.05, 4.69) is 51.6 Å². The maximum atomic E-state index is 6.22. The van der Waals surface area contributed by atoms with Gasteiger partial charge in [-0.15, -0.1) is 0 Å². The smallest absolute Gasteiger partial charge is 0.0254 e. The van der Waals surface area contributed by atoms with Crippen molar-refractivity contribution < 1.29 is 0 Å². The molecule has 3 heteroatoms. The van der Waals surface area contributed by atoms with E-state index in [0.29, 0.717) is 12.1 Å². The van der Waals surface area contributed by atoms with Crippen molar-refractivity contribution in [1.82, 2.24) is 9.80 Å². The number of nitrogens with zero attached hydrogens (tertiary/aromatic N) is 2. The number of likely N-dealkylation sites (tertiary alicyclic amines) is 1. The zero-order chi connectivity index (χ0) is 13.2. The Morgan fingerprint density at radius 1 is 1.29 bits per heavy atom. The van der Waals surface area contributed by atoms with E-state index >= 15 is 0 Å². The van der Waals surface area contributed by atoms with Gasteiger partial charge in [0.1, 0.15) is 0 Å². The summed E-state index contributed by atoms with van der Waals surface area (Å²) >= 11 is 0. The molecule has 1 aliphatic heterocycles. The fraction of sp³-hybridized carbons (Fsp3) is 1.00. The standard InChI is InChI=1S/C14H31N3/c1-11-9-17(10-12(11)16(5)6)8-7-13(15)14(2,3)4/h11-13H,7-10,15H2,1-6H3. The summed E-state index contributed by atoms with van der Waals surface area (Å²) in [5.41, 5.74) is 6.45. The van der Waals surface area contributed by atoms with Gasteiger partial charge in [0.15, 0.2) is 0 Å². The average Bonchev–Trinajstić information content (AvgIpc) is 2.54. The summed E-state index contributed by atoms with van der Waals surface area (Å²) in [5.74, 6) is 0.774. The van der Waals surface area contributed by atoms with Crippen molar-refractivity contribution in [3.63, 3.8) is 0 Å². The zero-order valence-corrected chi connectivity index (χ0v) is 12.5. The van der Waals surface area contributed by atoms with Crippen LogP contribution in [-0.4, -0.2) is 55.6 Å². The Morgan fingerprint density at radius 2 is 1.88 bits per heavy atom. The first-order chi connectivity index (χ1) is 7.71. The van der Waals surface area contributed by atoms with Crippen LogP contribution < -0.4 is 5.73 Å². The van der Waals surface area contributed by atoms with Gasteiger partial charge < -0.3 is 15.5 Å². The van der Waals surface area contributed by atoms with Crippen molar-refractivity contribution in [1.29, 1.82) is 0 Å². The highest BCUT2D eigenvalue weighted by Crippen LogP contribution is 2.23. The van der Waals surface area contributed by atoms with E-state index in [1.165, 1.54) is 13.1 Å². The first-order valence-corrected chi connectivity index (χ1v) is 6.86. The van der Waals surface area contributed by atoms with E-state index in [4.69, 9.17) is 5.73 Å². The van der Waals surface area contributed by atoms with Gasteiger partial charge in [0, 0.05) is 25.2 Å². The first-order valence-electron chi connectivity index (χ1n) is 6.86. The summed E-state index contributed by atoms with van der Waals surface area (Å²) in [6.45, 7) is 12.6. The molecule has 0 spiro atoms. The Kier molecular flexibility index (Phi) is 4.99. The number of rotatable bonds is 4. The molecule has 3 unspecified atom stereocenters. The molecule has 0 aromatic carbocycles. The molecule has 102 valence electrons.